The third-order valence-corrected chi connectivity index (χ3v) is 7.02. The minimum Gasteiger partial charge on any atom is -0.356 e. The molecular weight excluding hydrogens is 604 g/mol. The summed E-state index contributed by atoms with van der Waals surface area (Å²) in [7, 11) is 0. The summed E-state index contributed by atoms with van der Waals surface area (Å²) in [6.07, 6.45) is 3.96. The summed E-state index contributed by atoms with van der Waals surface area (Å²) < 4.78 is 1.38. The Morgan fingerprint density at radius 1 is 0.750 bits per heavy atom. The first-order chi connectivity index (χ1) is 17.3. The van der Waals surface area contributed by atoms with Crippen molar-refractivity contribution in [2.75, 3.05) is 26.2 Å². The molecule has 1 fully saturated rings. The molecule has 192 valence electrons. The number of hydrogen-bond donors (Lipinski definition) is 6. The van der Waals surface area contributed by atoms with Crippen molar-refractivity contribution in [2.45, 2.75) is 0 Å². The molecule has 0 aromatic carbocycles. The van der Waals surface area contributed by atoms with Crippen molar-refractivity contribution in [1.82, 2.24) is 31.2 Å². The smallest absolute Gasteiger partial charge is 0.267 e. The van der Waals surface area contributed by atoms with Gasteiger partial charge in [-0.2, -0.15) is 0 Å². The first-order valence-electron chi connectivity index (χ1n) is 10.9. The highest BCUT2D eigenvalue weighted by atomic mass is 79.9. The highest BCUT2D eigenvalue weighted by molar-refractivity contribution is 9.10. The Balaban J connectivity index is 1.79. The van der Waals surface area contributed by atoms with Gasteiger partial charge >= 0.3 is 0 Å². The Kier molecular flexibility index (Phi) is 9.58. The zero-order chi connectivity index (χ0) is 26.2. The predicted molar refractivity (Wildman–Crippen MR) is 134 cm³/mol. The average molecular weight is 628 g/mol. The number of hydrogen-bond acceptors (Lipinski definition) is 6. The van der Waals surface area contributed by atoms with Gasteiger partial charge in [0, 0.05) is 46.3 Å². The van der Waals surface area contributed by atoms with E-state index in [0.717, 1.165) is 0 Å². The molecule has 4 atom stereocenters. The molecular formula is C22H24Br2N6O6. The van der Waals surface area contributed by atoms with E-state index in [9.17, 15) is 28.8 Å². The molecule has 2 aromatic heterocycles. The van der Waals surface area contributed by atoms with Crippen LogP contribution in [0.1, 0.15) is 21.0 Å². The van der Waals surface area contributed by atoms with Crippen LogP contribution < -0.4 is 21.3 Å². The zero-order valence-corrected chi connectivity index (χ0v) is 22.0. The molecule has 1 aliphatic carbocycles. The summed E-state index contributed by atoms with van der Waals surface area (Å²) in [6.45, 7) is -0.482. The normalized spacial score (nSPS) is 20.5. The van der Waals surface area contributed by atoms with Crippen molar-refractivity contribution in [3.05, 3.63) is 44.9 Å². The van der Waals surface area contributed by atoms with Crippen molar-refractivity contribution in [1.29, 1.82) is 0 Å². The summed E-state index contributed by atoms with van der Waals surface area (Å²) >= 11 is 6.52. The second-order valence-corrected chi connectivity index (χ2v) is 10.0. The van der Waals surface area contributed by atoms with Gasteiger partial charge in [0.25, 0.3) is 11.8 Å². The number of amides is 4. The van der Waals surface area contributed by atoms with Crippen LogP contribution in [0.3, 0.4) is 0 Å². The average Bonchev–Trinajstić information content (AvgIpc) is 3.48. The summed E-state index contributed by atoms with van der Waals surface area (Å²) in [4.78, 5) is 78.1. The molecule has 0 unspecified atom stereocenters. The van der Waals surface area contributed by atoms with Crippen molar-refractivity contribution in [3.8, 4) is 0 Å². The zero-order valence-electron chi connectivity index (χ0n) is 18.8. The number of halogens is 2. The van der Waals surface area contributed by atoms with E-state index in [1.54, 1.807) is 24.5 Å². The number of Topliss-reactive ketones (excluding diaryl/α,β-unsaturated/α-hetero) is 2. The van der Waals surface area contributed by atoms with Crippen molar-refractivity contribution in [2.24, 2.45) is 23.7 Å². The van der Waals surface area contributed by atoms with Gasteiger partial charge in [0.2, 0.25) is 12.8 Å². The fraction of sp³-hybridized carbons (Fsp3) is 0.364. The lowest BCUT2D eigenvalue weighted by Crippen LogP contribution is -2.62. The van der Waals surface area contributed by atoms with E-state index in [2.05, 4.69) is 63.1 Å². The van der Waals surface area contributed by atoms with Crippen molar-refractivity contribution < 1.29 is 28.8 Å². The molecule has 2 heterocycles. The highest BCUT2D eigenvalue weighted by Gasteiger charge is 2.56. The number of carbonyl (C=O) groups excluding carboxylic acids is 6. The van der Waals surface area contributed by atoms with Crippen LogP contribution in [0.5, 0.6) is 0 Å². The van der Waals surface area contributed by atoms with Crippen molar-refractivity contribution in [3.63, 3.8) is 0 Å². The first kappa shape index (κ1) is 27.3. The third kappa shape index (κ3) is 6.49. The lowest BCUT2D eigenvalue weighted by molar-refractivity contribution is -0.149. The molecule has 0 saturated heterocycles. The largest absolute Gasteiger partial charge is 0.356 e. The second-order valence-electron chi connectivity index (χ2n) is 8.19. The van der Waals surface area contributed by atoms with Gasteiger partial charge in [-0.05, 0) is 55.8 Å². The number of ketones is 2. The molecule has 1 saturated carbocycles. The molecule has 6 N–H and O–H groups in total. The summed E-state index contributed by atoms with van der Waals surface area (Å²) in [5, 5.41) is 10.2. The van der Waals surface area contributed by atoms with E-state index in [1.165, 1.54) is 0 Å². The number of nitrogens with one attached hydrogen (secondary N) is 6. The molecule has 0 bridgehead atoms. The Morgan fingerprint density at radius 3 is 1.44 bits per heavy atom. The van der Waals surface area contributed by atoms with Crippen LogP contribution in [0.25, 0.3) is 0 Å². The van der Waals surface area contributed by atoms with Crippen LogP contribution in [-0.4, -0.2) is 72.3 Å². The molecule has 2 aromatic rings. The molecule has 12 nitrogen and oxygen atoms in total. The van der Waals surface area contributed by atoms with Gasteiger partial charge in [0.05, 0.1) is 13.1 Å². The summed E-state index contributed by atoms with van der Waals surface area (Å²) in [6, 6.07) is 3.19. The van der Waals surface area contributed by atoms with Gasteiger partial charge in [0.1, 0.15) is 11.4 Å². The molecule has 3 rings (SSSR count). The van der Waals surface area contributed by atoms with Gasteiger partial charge in [-0.25, -0.2) is 0 Å². The Morgan fingerprint density at radius 2 is 1.14 bits per heavy atom. The maximum Gasteiger partial charge on any atom is 0.267 e. The van der Waals surface area contributed by atoms with Crippen LogP contribution in [0.4, 0.5) is 0 Å². The van der Waals surface area contributed by atoms with E-state index < -0.39 is 35.5 Å². The lowest BCUT2D eigenvalue weighted by atomic mass is 9.53. The molecule has 4 amide bonds. The van der Waals surface area contributed by atoms with Crippen LogP contribution in [-0.2, 0) is 19.2 Å². The summed E-state index contributed by atoms with van der Waals surface area (Å²) in [5.74, 6) is -4.24. The predicted octanol–water partition coefficient (Wildman–Crippen LogP) is 0.136. The monoisotopic (exact) mass is 626 g/mol. The van der Waals surface area contributed by atoms with Crippen LogP contribution in [0, 0.1) is 23.7 Å². The summed E-state index contributed by atoms with van der Waals surface area (Å²) in [5.41, 5.74) is 0.605. The van der Waals surface area contributed by atoms with Gasteiger partial charge < -0.3 is 31.2 Å². The fourth-order valence-electron chi connectivity index (χ4n) is 4.48. The van der Waals surface area contributed by atoms with E-state index in [4.69, 9.17) is 0 Å². The number of H-pyrrole nitrogens is 2. The minimum absolute atomic E-state index is 0.0481. The van der Waals surface area contributed by atoms with E-state index >= 15 is 0 Å². The van der Waals surface area contributed by atoms with E-state index in [0.29, 0.717) is 33.2 Å². The van der Waals surface area contributed by atoms with Crippen LogP contribution >= 0.6 is 31.9 Å². The number of rotatable bonds is 14. The molecule has 36 heavy (non-hydrogen) atoms. The van der Waals surface area contributed by atoms with Crippen LogP contribution in [0.2, 0.25) is 0 Å². The lowest BCUT2D eigenvalue weighted by Gasteiger charge is -2.50. The molecule has 1 aliphatic rings. The standard InChI is InChI=1S/C22H24Br2N6O6/c23-11-1-15(27-3-11)21(35)29-5-13-14(6-30-22(36)16-2-12(24)4-28-16)20(18(34)8-26-10-32)19(13)17(33)7-25-9-31/h1-4,9-10,13-14,19-20,27-28H,5-8H2,(H,25,31)(H,26,32)(H,29,35)(H,30,36)/t13-,14-,19-,20-/m1/s1. The molecule has 0 spiro atoms. The SMILES string of the molecule is O=CNCC(=O)[C@H]1[C@H](CNC(=O)c2cc(Br)c[nH]2)[C@@H](CNC(=O)c2cc(Br)c[nH]2)[C@@H]1C(=O)CNC=O. The van der Waals surface area contributed by atoms with Gasteiger partial charge in [-0.15, -0.1) is 0 Å². The maximum absolute atomic E-state index is 12.9. The van der Waals surface area contributed by atoms with Crippen LogP contribution in [0.15, 0.2) is 33.5 Å². The Hall–Kier alpha value is -3.26. The quantitative estimate of drug-likeness (QED) is 0.162. The first-order valence-corrected chi connectivity index (χ1v) is 12.5. The fourth-order valence-corrected chi connectivity index (χ4v) is 5.17. The minimum atomic E-state index is -0.824. The number of aromatic amines is 2. The topological polar surface area (TPSA) is 182 Å². The number of aromatic nitrogens is 2. The van der Waals surface area contributed by atoms with Crippen molar-refractivity contribution >= 4 is 68.1 Å². The Labute approximate surface area is 222 Å². The van der Waals surface area contributed by atoms with E-state index in [-0.39, 0.29) is 37.7 Å². The second kappa shape index (κ2) is 12.6. The molecule has 0 radical (unpaired) electrons. The maximum atomic E-state index is 12.9. The molecule has 14 heteroatoms. The van der Waals surface area contributed by atoms with Gasteiger partial charge in [0.15, 0.2) is 11.6 Å². The van der Waals surface area contributed by atoms with Gasteiger partial charge in [-0.1, -0.05) is 0 Å². The third-order valence-electron chi connectivity index (χ3n) is 6.10. The van der Waals surface area contributed by atoms with E-state index in [1.807, 2.05) is 0 Å². The Bertz CT molecular complexity index is 1060. The highest BCUT2D eigenvalue weighted by Crippen LogP contribution is 2.46. The number of carbonyl (C=O) groups is 6. The molecule has 0 aliphatic heterocycles. The van der Waals surface area contributed by atoms with Gasteiger partial charge in [-0.3, -0.25) is 28.8 Å².